The molecule has 1 atom stereocenters. The van der Waals surface area contributed by atoms with Crippen molar-refractivity contribution < 1.29 is 9.59 Å². The first kappa shape index (κ1) is 16.5. The molecule has 1 heterocycles. The first-order chi connectivity index (χ1) is 11.6. The second-order valence-electron chi connectivity index (χ2n) is 5.90. The largest absolute Gasteiger partial charge is 0.334 e. The summed E-state index contributed by atoms with van der Waals surface area (Å²) in [5, 5.41) is 0.544. The Morgan fingerprint density at radius 2 is 1.79 bits per heavy atom. The molecule has 0 radical (unpaired) electrons. The molecule has 0 saturated carbocycles. The molecule has 124 valence electrons. The Morgan fingerprint density at radius 3 is 2.46 bits per heavy atom. The molecule has 0 aliphatic carbocycles. The zero-order valence-corrected chi connectivity index (χ0v) is 14.2. The smallest absolute Gasteiger partial charge is 0.254 e. The minimum absolute atomic E-state index is 0.0266. The highest BCUT2D eigenvalue weighted by molar-refractivity contribution is 6.30. The lowest BCUT2D eigenvalue weighted by atomic mass is 10.0. The molecule has 0 unspecified atom stereocenters. The second-order valence-corrected chi connectivity index (χ2v) is 6.34. The summed E-state index contributed by atoms with van der Waals surface area (Å²) >= 11 is 5.99. The molecule has 1 saturated heterocycles. The number of piperazine rings is 1. The van der Waals surface area contributed by atoms with Crippen molar-refractivity contribution in [2.75, 3.05) is 19.6 Å². The summed E-state index contributed by atoms with van der Waals surface area (Å²) in [5.74, 6) is -0.0275. The van der Waals surface area contributed by atoms with Gasteiger partial charge < -0.3 is 9.80 Å². The van der Waals surface area contributed by atoms with E-state index in [0.717, 1.165) is 5.56 Å². The first-order valence-corrected chi connectivity index (χ1v) is 8.31. The van der Waals surface area contributed by atoms with Crippen LogP contribution in [-0.4, -0.2) is 41.2 Å². The Balaban J connectivity index is 1.85. The molecule has 2 aromatic carbocycles. The molecule has 24 heavy (non-hydrogen) atoms. The van der Waals surface area contributed by atoms with Gasteiger partial charge >= 0.3 is 0 Å². The molecule has 2 amide bonds. The molecular weight excluding hydrogens is 324 g/mol. The fourth-order valence-electron chi connectivity index (χ4n) is 3.11. The van der Waals surface area contributed by atoms with E-state index in [-0.39, 0.29) is 17.9 Å². The minimum atomic E-state index is -0.124. The van der Waals surface area contributed by atoms with Crippen LogP contribution in [0.3, 0.4) is 0 Å². The minimum Gasteiger partial charge on any atom is -0.334 e. The van der Waals surface area contributed by atoms with Crippen molar-refractivity contribution in [3.05, 3.63) is 70.7 Å². The second kappa shape index (κ2) is 7.05. The molecule has 3 rings (SSSR count). The molecule has 1 aliphatic rings. The molecule has 5 heteroatoms. The van der Waals surface area contributed by atoms with Crippen molar-refractivity contribution >= 4 is 23.4 Å². The molecule has 2 aromatic rings. The Hall–Kier alpha value is -2.33. The van der Waals surface area contributed by atoms with Gasteiger partial charge in [0.05, 0.1) is 6.04 Å². The molecule has 0 bridgehead atoms. The molecule has 1 aliphatic heterocycles. The maximum absolute atomic E-state index is 12.8. The number of hydrogen-bond donors (Lipinski definition) is 0. The molecule has 1 fully saturated rings. The Bertz CT molecular complexity index is 748. The predicted octanol–water partition coefficient (Wildman–Crippen LogP) is 3.39. The van der Waals surface area contributed by atoms with Gasteiger partial charge in [0.1, 0.15) is 0 Å². The fraction of sp³-hybridized carbons (Fsp3) is 0.263. The van der Waals surface area contributed by atoms with Crippen LogP contribution in [0.5, 0.6) is 0 Å². The number of halogens is 1. The quantitative estimate of drug-likeness (QED) is 0.839. The van der Waals surface area contributed by atoms with Crippen LogP contribution in [0.1, 0.15) is 28.9 Å². The van der Waals surface area contributed by atoms with Crippen LogP contribution in [0, 0.1) is 0 Å². The maximum Gasteiger partial charge on any atom is 0.254 e. The molecule has 0 spiro atoms. The molecule has 0 N–H and O–H groups in total. The Labute approximate surface area is 146 Å². The molecule has 0 aromatic heterocycles. The van der Waals surface area contributed by atoms with Gasteiger partial charge in [-0.05, 0) is 23.8 Å². The van der Waals surface area contributed by atoms with E-state index >= 15 is 0 Å². The first-order valence-electron chi connectivity index (χ1n) is 7.93. The van der Waals surface area contributed by atoms with E-state index in [1.165, 1.54) is 0 Å². The average molecular weight is 343 g/mol. The van der Waals surface area contributed by atoms with E-state index in [4.69, 9.17) is 11.6 Å². The van der Waals surface area contributed by atoms with Crippen LogP contribution in [0.4, 0.5) is 0 Å². The van der Waals surface area contributed by atoms with Crippen molar-refractivity contribution in [1.82, 2.24) is 9.80 Å². The third-order valence-corrected chi connectivity index (χ3v) is 4.56. The lowest BCUT2D eigenvalue weighted by molar-refractivity contribution is -0.133. The predicted molar refractivity (Wildman–Crippen MR) is 93.9 cm³/mol. The lowest BCUT2D eigenvalue weighted by Gasteiger charge is -2.41. The number of amides is 2. The van der Waals surface area contributed by atoms with Crippen molar-refractivity contribution in [1.29, 1.82) is 0 Å². The summed E-state index contributed by atoms with van der Waals surface area (Å²) in [6, 6.07) is 16.7. The van der Waals surface area contributed by atoms with Crippen molar-refractivity contribution in [2.45, 2.75) is 13.0 Å². The number of hydrogen-bond acceptors (Lipinski definition) is 2. The monoisotopic (exact) mass is 342 g/mol. The summed E-state index contributed by atoms with van der Waals surface area (Å²) in [6.07, 6.45) is 0. The van der Waals surface area contributed by atoms with Crippen LogP contribution in [0.2, 0.25) is 5.02 Å². The van der Waals surface area contributed by atoms with E-state index in [2.05, 4.69) is 0 Å². The highest BCUT2D eigenvalue weighted by Crippen LogP contribution is 2.26. The van der Waals surface area contributed by atoms with E-state index in [9.17, 15) is 9.59 Å². The van der Waals surface area contributed by atoms with Crippen LogP contribution in [-0.2, 0) is 4.79 Å². The lowest BCUT2D eigenvalue weighted by Crippen LogP contribution is -2.51. The number of nitrogens with zero attached hydrogens (tertiary/aromatic N) is 2. The summed E-state index contributed by atoms with van der Waals surface area (Å²) in [5.41, 5.74) is 1.61. The van der Waals surface area contributed by atoms with E-state index in [1.54, 1.807) is 36.1 Å². The van der Waals surface area contributed by atoms with Crippen LogP contribution in [0.25, 0.3) is 0 Å². The summed E-state index contributed by atoms with van der Waals surface area (Å²) in [4.78, 5) is 28.4. The fourth-order valence-corrected chi connectivity index (χ4v) is 3.30. The van der Waals surface area contributed by atoms with E-state index < -0.39 is 0 Å². The summed E-state index contributed by atoms with van der Waals surface area (Å²) in [7, 11) is 0. The number of carbonyl (C=O) groups excluding carboxylic acids is 2. The molecular formula is C19H19ClN2O2. The van der Waals surface area contributed by atoms with Gasteiger partial charge in [-0.2, -0.15) is 0 Å². The summed E-state index contributed by atoms with van der Waals surface area (Å²) < 4.78 is 0. The van der Waals surface area contributed by atoms with Gasteiger partial charge in [-0.25, -0.2) is 0 Å². The van der Waals surface area contributed by atoms with Gasteiger partial charge in [-0.3, -0.25) is 9.59 Å². The topological polar surface area (TPSA) is 40.6 Å². The van der Waals surface area contributed by atoms with Gasteiger partial charge in [0, 0.05) is 37.1 Å². The normalized spacial score (nSPS) is 17.7. The SMILES string of the molecule is CC(=O)N1CCN(C(=O)c2cccc(Cl)c2)C[C@@H]1c1ccccc1. The van der Waals surface area contributed by atoms with Crippen molar-refractivity contribution in [2.24, 2.45) is 0 Å². The van der Waals surface area contributed by atoms with E-state index in [0.29, 0.717) is 30.2 Å². The van der Waals surface area contributed by atoms with Crippen LogP contribution >= 0.6 is 11.6 Å². The maximum atomic E-state index is 12.8. The highest BCUT2D eigenvalue weighted by atomic mass is 35.5. The Morgan fingerprint density at radius 1 is 1.04 bits per heavy atom. The van der Waals surface area contributed by atoms with Gasteiger partial charge in [-0.15, -0.1) is 0 Å². The van der Waals surface area contributed by atoms with Crippen molar-refractivity contribution in [3.63, 3.8) is 0 Å². The third kappa shape index (κ3) is 3.44. The number of benzene rings is 2. The highest BCUT2D eigenvalue weighted by Gasteiger charge is 2.32. The van der Waals surface area contributed by atoms with Crippen LogP contribution in [0.15, 0.2) is 54.6 Å². The zero-order valence-electron chi connectivity index (χ0n) is 13.5. The number of carbonyl (C=O) groups is 2. The van der Waals surface area contributed by atoms with Crippen molar-refractivity contribution in [3.8, 4) is 0 Å². The third-order valence-electron chi connectivity index (χ3n) is 4.33. The number of rotatable bonds is 2. The van der Waals surface area contributed by atoms with Crippen LogP contribution < -0.4 is 0 Å². The summed E-state index contributed by atoms with van der Waals surface area (Å²) in [6.45, 7) is 3.11. The van der Waals surface area contributed by atoms with Gasteiger partial charge in [0.25, 0.3) is 5.91 Å². The Kier molecular flexibility index (Phi) is 4.86. The van der Waals surface area contributed by atoms with Gasteiger partial charge in [-0.1, -0.05) is 48.0 Å². The zero-order chi connectivity index (χ0) is 17.1. The molecule has 4 nitrogen and oxygen atoms in total. The van der Waals surface area contributed by atoms with E-state index in [1.807, 2.05) is 35.2 Å². The average Bonchev–Trinajstić information content (AvgIpc) is 2.61. The van der Waals surface area contributed by atoms with Gasteiger partial charge in [0.15, 0.2) is 0 Å². The van der Waals surface area contributed by atoms with Gasteiger partial charge in [0.2, 0.25) is 5.91 Å². The standard InChI is InChI=1S/C19H19ClN2O2/c1-14(23)22-11-10-21(13-18(22)15-6-3-2-4-7-15)19(24)16-8-5-9-17(20)12-16/h2-9,12,18H,10-11,13H2,1H3/t18-/m1/s1.